The maximum absolute atomic E-state index is 14.1. The first kappa shape index (κ1) is 17.0. The number of imidazole rings is 1. The predicted molar refractivity (Wildman–Crippen MR) is 101 cm³/mol. The maximum Gasteiger partial charge on any atom is 0.325 e. The van der Waals surface area contributed by atoms with Crippen LogP contribution in [0.5, 0.6) is 0 Å². The summed E-state index contributed by atoms with van der Waals surface area (Å²) < 4.78 is 29.4. The van der Waals surface area contributed by atoms with E-state index in [1.165, 1.54) is 16.8 Å². The van der Waals surface area contributed by atoms with E-state index < -0.39 is 17.3 Å². The molecule has 1 aromatic carbocycles. The summed E-state index contributed by atoms with van der Waals surface area (Å²) in [6.45, 7) is 0.0700. The van der Waals surface area contributed by atoms with Crippen molar-refractivity contribution in [3.8, 4) is 11.5 Å². The molecule has 5 aromatic rings. The number of halogens is 2. The number of anilines is 1. The van der Waals surface area contributed by atoms with E-state index in [1.54, 1.807) is 18.2 Å². The van der Waals surface area contributed by atoms with Gasteiger partial charge in [0.2, 0.25) is 0 Å². The number of pyridine rings is 1. The van der Waals surface area contributed by atoms with E-state index >= 15 is 0 Å². The zero-order chi connectivity index (χ0) is 20.1. The molecule has 4 N–H and O–H groups in total. The van der Waals surface area contributed by atoms with Crippen molar-refractivity contribution < 1.29 is 8.78 Å². The molecule has 144 valence electrons. The molecule has 0 unspecified atom stereocenters. The second-order valence-corrected chi connectivity index (χ2v) is 6.36. The van der Waals surface area contributed by atoms with Crippen LogP contribution in [0.2, 0.25) is 0 Å². The van der Waals surface area contributed by atoms with E-state index in [1.807, 2.05) is 0 Å². The van der Waals surface area contributed by atoms with Crippen LogP contribution < -0.4 is 11.4 Å². The number of nitrogen functional groups attached to an aromatic ring is 1. The van der Waals surface area contributed by atoms with E-state index in [0.29, 0.717) is 16.6 Å². The molecular formula is C18H12F2N8O. The van der Waals surface area contributed by atoms with E-state index in [4.69, 9.17) is 5.73 Å². The Morgan fingerprint density at radius 2 is 1.97 bits per heavy atom. The quantitative estimate of drug-likeness (QED) is 0.429. The number of rotatable bonds is 3. The number of fused-ring (bicyclic) bond motifs is 2. The second-order valence-electron chi connectivity index (χ2n) is 6.36. The summed E-state index contributed by atoms with van der Waals surface area (Å²) >= 11 is 0. The summed E-state index contributed by atoms with van der Waals surface area (Å²) in [6.07, 6.45) is 1.05. The van der Waals surface area contributed by atoms with Gasteiger partial charge in [0, 0.05) is 5.56 Å². The van der Waals surface area contributed by atoms with Gasteiger partial charge in [-0.1, -0.05) is 18.2 Å². The number of hydrogen-bond acceptors (Lipinski definition) is 6. The third-order valence-corrected chi connectivity index (χ3v) is 4.45. The molecule has 0 saturated heterocycles. The Bertz CT molecular complexity index is 1450. The molecule has 0 radical (unpaired) electrons. The normalized spacial score (nSPS) is 11.5. The molecule has 9 nitrogen and oxygen atoms in total. The van der Waals surface area contributed by atoms with Crippen molar-refractivity contribution in [1.29, 1.82) is 0 Å². The lowest BCUT2D eigenvalue weighted by Crippen LogP contribution is -2.05. The number of benzene rings is 1. The summed E-state index contributed by atoms with van der Waals surface area (Å²) in [7, 11) is 0. The van der Waals surface area contributed by atoms with Crippen LogP contribution >= 0.6 is 0 Å². The number of nitrogens with zero attached hydrogens (tertiary/aromatic N) is 5. The van der Waals surface area contributed by atoms with Crippen LogP contribution in [0.4, 0.5) is 14.6 Å². The van der Waals surface area contributed by atoms with Crippen molar-refractivity contribution in [3.63, 3.8) is 0 Å². The van der Waals surface area contributed by atoms with Gasteiger partial charge in [0.1, 0.15) is 22.8 Å². The number of H-pyrrole nitrogens is 2. The average molecular weight is 394 g/mol. The van der Waals surface area contributed by atoms with Crippen molar-refractivity contribution >= 4 is 28.0 Å². The highest BCUT2D eigenvalue weighted by atomic mass is 19.1. The highest BCUT2D eigenvalue weighted by Gasteiger charge is 2.19. The average Bonchev–Trinajstić information content (AvgIpc) is 3.23. The van der Waals surface area contributed by atoms with Gasteiger partial charge in [-0.05, 0) is 12.1 Å². The van der Waals surface area contributed by atoms with Gasteiger partial charge in [0.05, 0.1) is 18.1 Å². The molecule has 0 spiro atoms. The monoisotopic (exact) mass is 394 g/mol. The van der Waals surface area contributed by atoms with Gasteiger partial charge in [-0.15, -0.1) is 0 Å². The fourth-order valence-corrected chi connectivity index (χ4v) is 3.15. The van der Waals surface area contributed by atoms with Gasteiger partial charge in [-0.2, -0.15) is 5.10 Å². The molecule has 5 rings (SSSR count). The molecule has 0 amide bonds. The predicted octanol–water partition coefficient (Wildman–Crippen LogP) is 1.97. The van der Waals surface area contributed by atoms with Crippen molar-refractivity contribution in [2.24, 2.45) is 0 Å². The summed E-state index contributed by atoms with van der Waals surface area (Å²) in [6, 6.07) is 7.50. The molecular weight excluding hydrogens is 382 g/mol. The summed E-state index contributed by atoms with van der Waals surface area (Å²) in [4.78, 5) is 29.1. The third-order valence-electron chi connectivity index (χ3n) is 4.45. The van der Waals surface area contributed by atoms with Crippen molar-refractivity contribution in [3.05, 3.63) is 64.2 Å². The highest BCUT2D eigenvalue weighted by Crippen LogP contribution is 2.27. The summed E-state index contributed by atoms with van der Waals surface area (Å²) in [5.41, 5.74) is 6.81. The van der Waals surface area contributed by atoms with Gasteiger partial charge in [-0.25, -0.2) is 33.2 Å². The Hall–Kier alpha value is -4.15. The Morgan fingerprint density at radius 1 is 1.14 bits per heavy atom. The van der Waals surface area contributed by atoms with E-state index in [9.17, 15) is 13.6 Å². The third kappa shape index (κ3) is 2.79. The molecule has 0 aliphatic heterocycles. The number of aromatic amines is 2. The standard InChI is InChI=1S/C18H12F2N8O/c19-9-5-10-12(15-24-14(21)13-16(25-15)26-18(29)23-13)27-28(17(10)22-6-9)7-8-3-1-2-4-11(8)20/h1-6H,7H2,(H4,21,23,24,25,26,29). The lowest BCUT2D eigenvalue weighted by molar-refractivity contribution is 0.588. The number of hydrogen-bond donors (Lipinski definition) is 3. The second kappa shape index (κ2) is 6.19. The van der Waals surface area contributed by atoms with Gasteiger partial charge in [-0.3, -0.25) is 4.98 Å². The first-order valence-corrected chi connectivity index (χ1v) is 8.51. The van der Waals surface area contributed by atoms with Crippen LogP contribution in [0.15, 0.2) is 41.3 Å². The van der Waals surface area contributed by atoms with Crippen LogP contribution in [-0.2, 0) is 6.54 Å². The molecule has 0 saturated carbocycles. The minimum Gasteiger partial charge on any atom is -0.382 e. The molecule has 4 heterocycles. The number of nitrogens with one attached hydrogen (secondary N) is 2. The molecule has 29 heavy (non-hydrogen) atoms. The van der Waals surface area contributed by atoms with Crippen molar-refractivity contribution in [1.82, 2.24) is 34.7 Å². The van der Waals surface area contributed by atoms with Gasteiger partial charge in [0.15, 0.2) is 22.9 Å². The smallest absolute Gasteiger partial charge is 0.325 e. The molecule has 0 bridgehead atoms. The minimum atomic E-state index is -0.576. The molecule has 0 aliphatic carbocycles. The molecule has 4 aromatic heterocycles. The van der Waals surface area contributed by atoms with Crippen molar-refractivity contribution in [2.75, 3.05) is 5.73 Å². The topological polar surface area (TPSA) is 131 Å². The first-order valence-electron chi connectivity index (χ1n) is 8.51. The van der Waals surface area contributed by atoms with E-state index in [-0.39, 0.29) is 35.0 Å². The largest absolute Gasteiger partial charge is 0.382 e. The van der Waals surface area contributed by atoms with E-state index in [2.05, 4.69) is 30.0 Å². The fourth-order valence-electron chi connectivity index (χ4n) is 3.15. The lowest BCUT2D eigenvalue weighted by atomic mass is 10.2. The lowest BCUT2D eigenvalue weighted by Gasteiger charge is -2.04. The van der Waals surface area contributed by atoms with Crippen LogP contribution in [0.3, 0.4) is 0 Å². The molecule has 0 fully saturated rings. The molecule has 0 atom stereocenters. The van der Waals surface area contributed by atoms with Crippen LogP contribution in [0.25, 0.3) is 33.7 Å². The van der Waals surface area contributed by atoms with Gasteiger partial charge in [0.25, 0.3) is 0 Å². The van der Waals surface area contributed by atoms with E-state index in [0.717, 1.165) is 6.20 Å². The summed E-state index contributed by atoms with van der Waals surface area (Å²) in [5.74, 6) is -0.862. The number of nitrogens with two attached hydrogens (primary N) is 1. The van der Waals surface area contributed by atoms with Gasteiger partial charge < -0.3 is 10.7 Å². The fraction of sp³-hybridized carbons (Fsp3) is 0.0556. The Balaban J connectivity index is 1.73. The van der Waals surface area contributed by atoms with Gasteiger partial charge >= 0.3 is 5.69 Å². The summed E-state index contributed by atoms with van der Waals surface area (Å²) in [5, 5.41) is 4.76. The molecule has 11 heteroatoms. The van der Waals surface area contributed by atoms with Crippen LogP contribution in [-0.4, -0.2) is 34.7 Å². The van der Waals surface area contributed by atoms with Crippen LogP contribution in [0, 0.1) is 11.6 Å². The van der Waals surface area contributed by atoms with Crippen molar-refractivity contribution in [2.45, 2.75) is 6.54 Å². The van der Waals surface area contributed by atoms with Crippen LogP contribution in [0.1, 0.15) is 5.56 Å². The molecule has 0 aliphatic rings. The minimum absolute atomic E-state index is 0.0320. The SMILES string of the molecule is Nc1nc(-c2nn(Cc3ccccc3F)c3ncc(F)cc23)nc2[nH]c(=O)[nH]c12. The Kier molecular flexibility index (Phi) is 3.63. The Morgan fingerprint density at radius 3 is 2.79 bits per heavy atom. The zero-order valence-corrected chi connectivity index (χ0v) is 14.6. The first-order chi connectivity index (χ1) is 14.0. The highest BCUT2D eigenvalue weighted by molar-refractivity contribution is 5.91. The zero-order valence-electron chi connectivity index (χ0n) is 14.6. The number of aromatic nitrogens is 7. The maximum atomic E-state index is 14.1. The Labute approximate surface area is 160 Å².